The summed E-state index contributed by atoms with van der Waals surface area (Å²) in [5, 5.41) is 12.3. The second-order valence-corrected chi connectivity index (χ2v) is 7.34. The Balaban J connectivity index is 1.55. The number of hydrogen-bond acceptors (Lipinski definition) is 2. The highest BCUT2D eigenvalue weighted by Gasteiger charge is 2.51. The Labute approximate surface area is 125 Å². The first-order valence-corrected chi connectivity index (χ1v) is 7.98. The van der Waals surface area contributed by atoms with Crippen LogP contribution in [0, 0.1) is 29.1 Å². The van der Waals surface area contributed by atoms with Gasteiger partial charge >= 0.3 is 0 Å². The Kier molecular flexibility index (Phi) is 2.82. The van der Waals surface area contributed by atoms with Crippen molar-refractivity contribution in [3.05, 3.63) is 35.4 Å². The first-order valence-electron chi connectivity index (χ1n) is 7.98. The van der Waals surface area contributed by atoms with Gasteiger partial charge in [0.2, 0.25) is 0 Å². The Morgan fingerprint density at radius 2 is 1.76 bits per heavy atom. The normalized spacial score (nSPS) is 36.2. The highest BCUT2D eigenvalue weighted by molar-refractivity contribution is 5.95. The van der Waals surface area contributed by atoms with Crippen molar-refractivity contribution in [3.63, 3.8) is 0 Å². The van der Waals surface area contributed by atoms with Gasteiger partial charge in [-0.3, -0.25) is 4.79 Å². The van der Waals surface area contributed by atoms with Crippen LogP contribution in [0.25, 0.3) is 0 Å². The SMILES string of the molecule is N#Cc1cccc(C(=O)NC23CC4CC(CC(C4)C2)C3)c1. The molecule has 1 aromatic carbocycles. The molecule has 0 unspecified atom stereocenters. The average Bonchev–Trinajstić information content (AvgIpc) is 2.45. The third-order valence-corrected chi connectivity index (χ3v) is 5.67. The van der Waals surface area contributed by atoms with E-state index in [1.807, 2.05) is 0 Å². The lowest BCUT2D eigenvalue weighted by molar-refractivity contribution is -0.0167. The Bertz CT molecular complexity index is 593. The van der Waals surface area contributed by atoms with Crippen molar-refractivity contribution in [2.24, 2.45) is 17.8 Å². The zero-order valence-corrected chi connectivity index (χ0v) is 12.1. The number of amides is 1. The number of nitrogens with one attached hydrogen (secondary N) is 1. The number of hydrogen-bond donors (Lipinski definition) is 1. The molecule has 0 saturated heterocycles. The maximum atomic E-state index is 12.6. The molecule has 1 amide bonds. The summed E-state index contributed by atoms with van der Waals surface area (Å²) in [6.07, 6.45) is 7.59. The number of nitrogens with zero attached hydrogens (tertiary/aromatic N) is 1. The molecule has 0 spiro atoms. The molecule has 4 fully saturated rings. The standard InChI is InChI=1S/C18H20N2O/c19-11-12-2-1-3-16(7-12)17(21)20-18-8-13-4-14(9-18)6-15(5-13)10-18/h1-3,7,13-15H,4-6,8-10H2,(H,20,21). The summed E-state index contributed by atoms with van der Waals surface area (Å²) in [5.74, 6) is 2.46. The lowest BCUT2D eigenvalue weighted by atomic mass is 9.53. The molecule has 4 aliphatic rings. The van der Waals surface area contributed by atoms with Crippen LogP contribution in [0.1, 0.15) is 54.4 Å². The monoisotopic (exact) mass is 280 g/mol. The molecule has 0 heterocycles. The summed E-state index contributed by atoms with van der Waals surface area (Å²) in [5.41, 5.74) is 1.20. The van der Waals surface area contributed by atoms with Crippen molar-refractivity contribution in [3.8, 4) is 6.07 Å². The van der Waals surface area contributed by atoms with Crippen LogP contribution in [-0.4, -0.2) is 11.4 Å². The molecule has 1 N–H and O–H groups in total. The average molecular weight is 280 g/mol. The third-order valence-electron chi connectivity index (χ3n) is 5.67. The van der Waals surface area contributed by atoms with Crippen LogP contribution in [0.2, 0.25) is 0 Å². The van der Waals surface area contributed by atoms with Crippen LogP contribution in [0.4, 0.5) is 0 Å². The van der Waals surface area contributed by atoms with E-state index in [4.69, 9.17) is 5.26 Å². The fourth-order valence-corrected chi connectivity index (χ4v) is 5.31. The zero-order chi connectivity index (χ0) is 14.4. The summed E-state index contributed by atoms with van der Waals surface area (Å²) in [4.78, 5) is 12.6. The van der Waals surface area contributed by atoms with Crippen molar-refractivity contribution in [2.45, 2.75) is 44.1 Å². The summed E-state index contributed by atoms with van der Waals surface area (Å²) < 4.78 is 0. The molecule has 0 radical (unpaired) electrons. The predicted octanol–water partition coefficient (Wildman–Crippen LogP) is 3.26. The molecule has 108 valence electrons. The minimum Gasteiger partial charge on any atom is -0.347 e. The molecular weight excluding hydrogens is 260 g/mol. The molecule has 4 saturated carbocycles. The van der Waals surface area contributed by atoms with Gasteiger partial charge in [0.15, 0.2) is 0 Å². The minimum atomic E-state index is -0.00551. The van der Waals surface area contributed by atoms with Crippen LogP contribution in [0.3, 0.4) is 0 Å². The van der Waals surface area contributed by atoms with Gasteiger partial charge in [-0.15, -0.1) is 0 Å². The third kappa shape index (κ3) is 2.23. The summed E-state index contributed by atoms with van der Waals surface area (Å²) >= 11 is 0. The molecule has 3 nitrogen and oxygen atoms in total. The maximum Gasteiger partial charge on any atom is 0.251 e. The fourth-order valence-electron chi connectivity index (χ4n) is 5.31. The van der Waals surface area contributed by atoms with E-state index in [9.17, 15) is 4.79 Å². The van der Waals surface area contributed by atoms with Crippen LogP contribution < -0.4 is 5.32 Å². The zero-order valence-electron chi connectivity index (χ0n) is 12.1. The molecule has 3 heteroatoms. The Morgan fingerprint density at radius 3 is 2.33 bits per heavy atom. The smallest absolute Gasteiger partial charge is 0.251 e. The van der Waals surface area contributed by atoms with E-state index in [1.54, 1.807) is 24.3 Å². The van der Waals surface area contributed by atoms with E-state index in [0.29, 0.717) is 11.1 Å². The van der Waals surface area contributed by atoms with Crippen LogP contribution in [-0.2, 0) is 0 Å². The Hall–Kier alpha value is -1.82. The fraction of sp³-hybridized carbons (Fsp3) is 0.556. The molecule has 0 atom stereocenters. The van der Waals surface area contributed by atoms with E-state index in [2.05, 4.69) is 11.4 Å². The van der Waals surface area contributed by atoms with Crippen molar-refractivity contribution in [2.75, 3.05) is 0 Å². The topological polar surface area (TPSA) is 52.9 Å². The van der Waals surface area contributed by atoms with E-state index < -0.39 is 0 Å². The van der Waals surface area contributed by atoms with Gasteiger partial charge in [0.25, 0.3) is 5.91 Å². The lowest BCUT2D eigenvalue weighted by Gasteiger charge is -2.56. The van der Waals surface area contributed by atoms with Gasteiger partial charge in [0.05, 0.1) is 11.6 Å². The van der Waals surface area contributed by atoms with Gasteiger partial charge < -0.3 is 5.32 Å². The van der Waals surface area contributed by atoms with Crippen LogP contribution in [0.5, 0.6) is 0 Å². The molecular formula is C18H20N2O. The molecule has 1 aromatic rings. The van der Waals surface area contributed by atoms with Gasteiger partial charge in [-0.25, -0.2) is 0 Å². The molecule has 21 heavy (non-hydrogen) atoms. The van der Waals surface area contributed by atoms with Crippen molar-refractivity contribution in [1.82, 2.24) is 5.32 Å². The van der Waals surface area contributed by atoms with Crippen molar-refractivity contribution >= 4 is 5.91 Å². The quantitative estimate of drug-likeness (QED) is 0.904. The molecule has 4 bridgehead atoms. The number of carbonyl (C=O) groups is 1. The second-order valence-electron chi connectivity index (χ2n) is 7.34. The highest BCUT2D eigenvalue weighted by atomic mass is 16.1. The number of nitriles is 1. The molecule has 0 aliphatic heterocycles. The van der Waals surface area contributed by atoms with Gasteiger partial charge in [-0.2, -0.15) is 5.26 Å². The molecule has 0 aromatic heterocycles. The summed E-state index contributed by atoms with van der Waals surface area (Å²) in [6, 6.07) is 9.12. The number of benzene rings is 1. The van der Waals surface area contributed by atoms with Crippen LogP contribution >= 0.6 is 0 Å². The number of rotatable bonds is 2. The second kappa shape index (κ2) is 4.59. The first kappa shape index (κ1) is 12.9. The highest BCUT2D eigenvalue weighted by Crippen LogP contribution is 2.55. The van der Waals surface area contributed by atoms with Crippen molar-refractivity contribution in [1.29, 1.82) is 5.26 Å². The largest absolute Gasteiger partial charge is 0.347 e. The van der Waals surface area contributed by atoms with Gasteiger partial charge in [0.1, 0.15) is 0 Å². The first-order chi connectivity index (χ1) is 10.2. The van der Waals surface area contributed by atoms with E-state index in [0.717, 1.165) is 37.0 Å². The van der Waals surface area contributed by atoms with Crippen molar-refractivity contribution < 1.29 is 4.79 Å². The number of carbonyl (C=O) groups excluding carboxylic acids is 1. The lowest BCUT2D eigenvalue weighted by Crippen LogP contribution is -2.59. The maximum absolute atomic E-state index is 12.6. The van der Waals surface area contributed by atoms with Crippen LogP contribution in [0.15, 0.2) is 24.3 Å². The van der Waals surface area contributed by atoms with Gasteiger partial charge in [-0.1, -0.05) is 6.07 Å². The van der Waals surface area contributed by atoms with Gasteiger partial charge in [0, 0.05) is 11.1 Å². The van der Waals surface area contributed by atoms with Gasteiger partial charge in [-0.05, 0) is 74.5 Å². The van der Waals surface area contributed by atoms with E-state index in [-0.39, 0.29) is 11.4 Å². The molecule has 5 rings (SSSR count). The Morgan fingerprint density at radius 1 is 1.14 bits per heavy atom. The van der Waals surface area contributed by atoms with E-state index in [1.165, 1.54) is 19.3 Å². The predicted molar refractivity (Wildman–Crippen MR) is 79.5 cm³/mol. The minimum absolute atomic E-state index is 0.00551. The molecule has 4 aliphatic carbocycles. The summed E-state index contributed by atoms with van der Waals surface area (Å²) in [7, 11) is 0. The summed E-state index contributed by atoms with van der Waals surface area (Å²) in [6.45, 7) is 0. The van der Waals surface area contributed by atoms with E-state index >= 15 is 0 Å².